The molecule has 0 spiro atoms. The van der Waals surface area contributed by atoms with Gasteiger partial charge in [0, 0.05) is 43.4 Å². The van der Waals surface area contributed by atoms with Crippen LogP contribution in [0.25, 0.3) is 0 Å². The monoisotopic (exact) mass is 356 g/mol. The van der Waals surface area contributed by atoms with Gasteiger partial charge in [-0.1, -0.05) is 22.0 Å². The average Bonchev–Trinajstić information content (AvgIpc) is 2.44. The van der Waals surface area contributed by atoms with Crippen LogP contribution in [-0.2, 0) is 16.0 Å². The predicted molar refractivity (Wildman–Crippen MR) is 89.9 cm³/mol. The molecule has 5 heteroatoms. The molecule has 0 amide bonds. The van der Waals surface area contributed by atoms with Gasteiger partial charge in [-0.2, -0.15) is 0 Å². The van der Waals surface area contributed by atoms with Crippen molar-refractivity contribution in [2.75, 3.05) is 38.3 Å². The van der Waals surface area contributed by atoms with Crippen LogP contribution in [0.4, 0.5) is 5.69 Å². The fourth-order valence-corrected chi connectivity index (χ4v) is 3.17. The van der Waals surface area contributed by atoms with E-state index < -0.39 is 0 Å². The minimum Gasteiger partial charge on any atom is -0.383 e. The number of nitrogens with zero attached hydrogens (tertiary/aromatic N) is 1. The number of hydrogen-bond donors (Lipinski definition) is 1. The second kappa shape index (κ2) is 8.13. The molecule has 1 fully saturated rings. The molecule has 0 bridgehead atoms. The maximum atomic E-state index is 5.79. The molecule has 0 saturated carbocycles. The number of rotatable bonds is 6. The lowest BCUT2D eigenvalue weighted by Gasteiger charge is -2.37. The molecule has 1 aliphatic heterocycles. The Morgan fingerprint density at radius 3 is 2.67 bits per heavy atom. The third-order valence-corrected chi connectivity index (χ3v) is 4.36. The number of nitrogens with one attached hydrogen (secondary N) is 1. The van der Waals surface area contributed by atoms with Crippen LogP contribution >= 0.6 is 15.9 Å². The largest absolute Gasteiger partial charge is 0.383 e. The molecule has 0 radical (unpaired) electrons. The lowest BCUT2D eigenvalue weighted by Crippen LogP contribution is -2.45. The molecule has 1 N–H and O–H groups in total. The zero-order valence-corrected chi connectivity index (χ0v) is 14.6. The highest BCUT2D eigenvalue weighted by atomic mass is 79.9. The molecule has 2 rings (SSSR count). The third kappa shape index (κ3) is 4.95. The summed E-state index contributed by atoms with van der Waals surface area (Å²) in [5, 5.41) is 3.37. The standard InChI is InChI=1S/C16H25BrN2O2/c1-12-10-19(11-13(2)21-12)15-5-4-14(16(17)8-15)9-18-6-7-20-3/h4-5,8,12-13,18H,6-7,9-11H2,1-3H3. The molecular formula is C16H25BrN2O2. The second-order valence-corrected chi connectivity index (χ2v) is 6.46. The first-order chi connectivity index (χ1) is 10.1. The molecule has 21 heavy (non-hydrogen) atoms. The molecule has 2 atom stereocenters. The van der Waals surface area contributed by atoms with Crippen LogP contribution in [0.1, 0.15) is 19.4 Å². The molecular weight excluding hydrogens is 332 g/mol. The molecule has 4 nitrogen and oxygen atoms in total. The van der Waals surface area contributed by atoms with Crippen molar-refractivity contribution >= 4 is 21.6 Å². The molecule has 1 heterocycles. The van der Waals surface area contributed by atoms with Crippen molar-refractivity contribution < 1.29 is 9.47 Å². The highest BCUT2D eigenvalue weighted by Gasteiger charge is 2.22. The summed E-state index contributed by atoms with van der Waals surface area (Å²) in [4.78, 5) is 2.39. The van der Waals surface area contributed by atoms with Crippen molar-refractivity contribution in [1.82, 2.24) is 5.32 Å². The lowest BCUT2D eigenvalue weighted by atomic mass is 10.1. The van der Waals surface area contributed by atoms with Crippen LogP contribution in [-0.4, -0.2) is 45.6 Å². The molecule has 0 aromatic heterocycles. The van der Waals surface area contributed by atoms with E-state index in [1.165, 1.54) is 11.3 Å². The summed E-state index contributed by atoms with van der Waals surface area (Å²) < 4.78 is 12.0. The molecule has 0 aliphatic carbocycles. The Bertz CT molecular complexity index is 446. The number of methoxy groups -OCH3 is 1. The highest BCUT2D eigenvalue weighted by molar-refractivity contribution is 9.10. The average molecular weight is 357 g/mol. The van der Waals surface area contributed by atoms with Gasteiger partial charge in [-0.05, 0) is 31.5 Å². The Balaban J connectivity index is 1.98. The fourth-order valence-electron chi connectivity index (χ4n) is 2.66. The predicted octanol–water partition coefficient (Wildman–Crippen LogP) is 2.80. The van der Waals surface area contributed by atoms with Crippen molar-refractivity contribution in [3.05, 3.63) is 28.2 Å². The van der Waals surface area contributed by atoms with E-state index in [0.717, 1.165) is 37.3 Å². The fraction of sp³-hybridized carbons (Fsp3) is 0.625. The van der Waals surface area contributed by atoms with E-state index in [-0.39, 0.29) is 12.2 Å². The summed E-state index contributed by atoms with van der Waals surface area (Å²) in [7, 11) is 1.72. The van der Waals surface area contributed by atoms with E-state index in [2.05, 4.69) is 58.2 Å². The van der Waals surface area contributed by atoms with Gasteiger partial charge < -0.3 is 19.7 Å². The summed E-state index contributed by atoms with van der Waals surface area (Å²) in [5.74, 6) is 0. The zero-order chi connectivity index (χ0) is 15.2. The van der Waals surface area contributed by atoms with Crippen LogP contribution in [0.3, 0.4) is 0 Å². The number of anilines is 1. The molecule has 118 valence electrons. The Morgan fingerprint density at radius 2 is 2.05 bits per heavy atom. The van der Waals surface area contributed by atoms with E-state index in [1.807, 2.05) is 0 Å². The minimum atomic E-state index is 0.280. The number of halogens is 1. The van der Waals surface area contributed by atoms with Crippen LogP contribution in [0.2, 0.25) is 0 Å². The van der Waals surface area contributed by atoms with Gasteiger partial charge in [-0.25, -0.2) is 0 Å². The Morgan fingerprint density at radius 1 is 1.33 bits per heavy atom. The molecule has 1 aromatic carbocycles. The molecule has 2 unspecified atom stereocenters. The molecule has 1 saturated heterocycles. The van der Waals surface area contributed by atoms with Gasteiger partial charge in [0.25, 0.3) is 0 Å². The van der Waals surface area contributed by atoms with Gasteiger partial charge in [0.1, 0.15) is 0 Å². The number of hydrogen-bond acceptors (Lipinski definition) is 4. The Labute approximate surface area is 135 Å². The topological polar surface area (TPSA) is 33.7 Å². The van der Waals surface area contributed by atoms with Crippen molar-refractivity contribution in [2.24, 2.45) is 0 Å². The van der Waals surface area contributed by atoms with Crippen LogP contribution in [0, 0.1) is 0 Å². The van der Waals surface area contributed by atoms with Crippen LogP contribution in [0.15, 0.2) is 22.7 Å². The van der Waals surface area contributed by atoms with Gasteiger partial charge in [-0.15, -0.1) is 0 Å². The maximum absolute atomic E-state index is 5.79. The SMILES string of the molecule is COCCNCc1ccc(N2CC(C)OC(C)C2)cc1Br. The first kappa shape index (κ1) is 16.7. The summed E-state index contributed by atoms with van der Waals surface area (Å²) in [6, 6.07) is 6.59. The smallest absolute Gasteiger partial charge is 0.0726 e. The van der Waals surface area contributed by atoms with E-state index in [1.54, 1.807) is 7.11 Å². The Hall–Kier alpha value is -0.620. The molecule has 1 aliphatic rings. The van der Waals surface area contributed by atoms with E-state index in [4.69, 9.17) is 9.47 Å². The third-order valence-electron chi connectivity index (χ3n) is 3.62. The number of morpholine rings is 1. The summed E-state index contributed by atoms with van der Waals surface area (Å²) >= 11 is 3.68. The normalized spacial score (nSPS) is 22.6. The second-order valence-electron chi connectivity index (χ2n) is 5.61. The van der Waals surface area contributed by atoms with Crippen LogP contribution in [0.5, 0.6) is 0 Å². The zero-order valence-electron chi connectivity index (χ0n) is 13.1. The van der Waals surface area contributed by atoms with Gasteiger partial charge >= 0.3 is 0 Å². The summed E-state index contributed by atoms with van der Waals surface area (Å²) in [6.07, 6.45) is 0.561. The highest BCUT2D eigenvalue weighted by Crippen LogP contribution is 2.26. The maximum Gasteiger partial charge on any atom is 0.0726 e. The quantitative estimate of drug-likeness (QED) is 0.794. The summed E-state index contributed by atoms with van der Waals surface area (Å²) in [6.45, 7) is 8.60. The van der Waals surface area contributed by atoms with E-state index in [9.17, 15) is 0 Å². The van der Waals surface area contributed by atoms with Crippen molar-refractivity contribution in [1.29, 1.82) is 0 Å². The lowest BCUT2D eigenvalue weighted by molar-refractivity contribution is -0.00522. The minimum absolute atomic E-state index is 0.280. The van der Waals surface area contributed by atoms with E-state index in [0.29, 0.717) is 0 Å². The van der Waals surface area contributed by atoms with Gasteiger partial charge in [0.05, 0.1) is 18.8 Å². The first-order valence-electron chi connectivity index (χ1n) is 7.48. The van der Waals surface area contributed by atoms with Gasteiger partial charge in [-0.3, -0.25) is 0 Å². The first-order valence-corrected chi connectivity index (χ1v) is 8.28. The van der Waals surface area contributed by atoms with E-state index >= 15 is 0 Å². The number of ether oxygens (including phenoxy) is 2. The van der Waals surface area contributed by atoms with Crippen molar-refractivity contribution in [3.8, 4) is 0 Å². The number of benzene rings is 1. The van der Waals surface area contributed by atoms with Gasteiger partial charge in [0.2, 0.25) is 0 Å². The Kier molecular flexibility index (Phi) is 6.48. The van der Waals surface area contributed by atoms with Crippen molar-refractivity contribution in [2.45, 2.75) is 32.6 Å². The molecule has 1 aromatic rings. The van der Waals surface area contributed by atoms with Gasteiger partial charge in [0.15, 0.2) is 0 Å². The van der Waals surface area contributed by atoms with Crippen molar-refractivity contribution in [3.63, 3.8) is 0 Å². The van der Waals surface area contributed by atoms with Crippen LogP contribution < -0.4 is 10.2 Å². The summed E-state index contributed by atoms with van der Waals surface area (Å²) in [5.41, 5.74) is 2.52.